The standard InChI is InChI=1S/C16H20N2O2/c1-10-7-6-8-13(11(10)2)18-14(16(3,4)5)9-12(17-18)15(19)20/h6-9H,1-5H3,(H,19,20). The van der Waals surface area contributed by atoms with Crippen molar-refractivity contribution < 1.29 is 9.90 Å². The second kappa shape index (κ2) is 4.78. The Hall–Kier alpha value is -2.10. The smallest absolute Gasteiger partial charge is 0.356 e. The van der Waals surface area contributed by atoms with Crippen molar-refractivity contribution in [1.29, 1.82) is 0 Å². The molecule has 1 N–H and O–H groups in total. The lowest BCUT2D eigenvalue weighted by Gasteiger charge is -2.21. The zero-order valence-electron chi connectivity index (χ0n) is 12.6. The number of aromatic nitrogens is 2. The normalized spacial score (nSPS) is 11.7. The van der Waals surface area contributed by atoms with Crippen LogP contribution in [0.2, 0.25) is 0 Å². The van der Waals surface area contributed by atoms with Crippen molar-refractivity contribution in [2.75, 3.05) is 0 Å². The van der Waals surface area contributed by atoms with E-state index in [9.17, 15) is 9.90 Å². The van der Waals surface area contributed by atoms with Crippen LogP contribution in [0.4, 0.5) is 0 Å². The monoisotopic (exact) mass is 272 g/mol. The molecule has 0 aliphatic heterocycles. The van der Waals surface area contributed by atoms with Gasteiger partial charge < -0.3 is 5.11 Å². The Balaban J connectivity index is 2.72. The molecular formula is C16H20N2O2. The molecule has 20 heavy (non-hydrogen) atoms. The molecule has 0 saturated heterocycles. The zero-order valence-corrected chi connectivity index (χ0v) is 12.6. The van der Waals surface area contributed by atoms with Crippen molar-refractivity contribution in [3.63, 3.8) is 0 Å². The van der Waals surface area contributed by atoms with E-state index in [2.05, 4.69) is 25.9 Å². The summed E-state index contributed by atoms with van der Waals surface area (Å²) in [5.41, 5.74) is 3.99. The number of aromatic carboxylic acids is 1. The Morgan fingerprint density at radius 1 is 1.25 bits per heavy atom. The highest BCUT2D eigenvalue weighted by atomic mass is 16.4. The molecule has 0 spiro atoms. The van der Waals surface area contributed by atoms with Crippen LogP contribution in [0.5, 0.6) is 0 Å². The number of aryl methyl sites for hydroxylation is 1. The molecule has 0 aliphatic carbocycles. The van der Waals surface area contributed by atoms with Crippen molar-refractivity contribution in [2.24, 2.45) is 0 Å². The van der Waals surface area contributed by atoms with Gasteiger partial charge in [-0.15, -0.1) is 0 Å². The Labute approximate surface area is 119 Å². The first-order valence-corrected chi connectivity index (χ1v) is 6.62. The zero-order chi connectivity index (χ0) is 15.1. The molecule has 0 radical (unpaired) electrons. The number of hydrogen-bond acceptors (Lipinski definition) is 2. The molecule has 2 aromatic rings. The van der Waals surface area contributed by atoms with Crippen LogP contribution in [-0.4, -0.2) is 20.9 Å². The number of benzene rings is 1. The van der Waals surface area contributed by atoms with Crippen LogP contribution < -0.4 is 0 Å². The molecular weight excluding hydrogens is 252 g/mol. The lowest BCUT2D eigenvalue weighted by atomic mass is 9.91. The number of carbonyl (C=O) groups is 1. The average molecular weight is 272 g/mol. The summed E-state index contributed by atoms with van der Waals surface area (Å²) < 4.78 is 1.76. The highest BCUT2D eigenvalue weighted by molar-refractivity contribution is 5.85. The molecule has 0 atom stereocenters. The summed E-state index contributed by atoms with van der Waals surface area (Å²) in [6.45, 7) is 10.2. The second-order valence-electron chi connectivity index (χ2n) is 6.10. The van der Waals surface area contributed by atoms with Gasteiger partial charge in [-0.1, -0.05) is 32.9 Å². The predicted molar refractivity (Wildman–Crippen MR) is 78.7 cm³/mol. The minimum atomic E-state index is -1.00. The van der Waals surface area contributed by atoms with E-state index in [1.54, 1.807) is 10.7 Å². The molecule has 2 rings (SSSR count). The first kappa shape index (κ1) is 14.3. The summed E-state index contributed by atoms with van der Waals surface area (Å²) >= 11 is 0. The SMILES string of the molecule is Cc1cccc(-n2nc(C(=O)O)cc2C(C)(C)C)c1C. The van der Waals surface area contributed by atoms with Crippen LogP contribution in [0, 0.1) is 13.8 Å². The van der Waals surface area contributed by atoms with E-state index in [0.717, 1.165) is 22.5 Å². The third-order valence-electron chi connectivity index (χ3n) is 3.50. The molecule has 0 aliphatic rings. The van der Waals surface area contributed by atoms with Crippen molar-refractivity contribution in [3.05, 3.63) is 46.8 Å². The fourth-order valence-electron chi connectivity index (χ4n) is 2.17. The van der Waals surface area contributed by atoms with Crippen molar-refractivity contribution >= 4 is 5.97 Å². The molecule has 4 nitrogen and oxygen atoms in total. The summed E-state index contributed by atoms with van der Waals surface area (Å²) in [5, 5.41) is 13.4. The number of rotatable bonds is 2. The number of nitrogens with zero attached hydrogens (tertiary/aromatic N) is 2. The van der Waals surface area contributed by atoms with Crippen LogP contribution in [-0.2, 0) is 5.41 Å². The Morgan fingerprint density at radius 2 is 1.90 bits per heavy atom. The minimum Gasteiger partial charge on any atom is -0.476 e. The van der Waals surface area contributed by atoms with Crippen molar-refractivity contribution in [3.8, 4) is 5.69 Å². The van der Waals surface area contributed by atoms with E-state index >= 15 is 0 Å². The molecule has 0 fully saturated rings. The van der Waals surface area contributed by atoms with Gasteiger partial charge in [-0.05, 0) is 37.1 Å². The van der Waals surface area contributed by atoms with Gasteiger partial charge in [-0.2, -0.15) is 5.10 Å². The number of carboxylic acids is 1. The highest BCUT2D eigenvalue weighted by Crippen LogP contribution is 2.28. The molecule has 1 aromatic carbocycles. The van der Waals surface area contributed by atoms with Crippen molar-refractivity contribution in [2.45, 2.75) is 40.0 Å². The van der Waals surface area contributed by atoms with Gasteiger partial charge in [0.2, 0.25) is 0 Å². The molecule has 0 unspecified atom stereocenters. The fraction of sp³-hybridized carbons (Fsp3) is 0.375. The van der Waals surface area contributed by atoms with Gasteiger partial charge in [0.1, 0.15) is 0 Å². The summed E-state index contributed by atoms with van der Waals surface area (Å²) in [7, 11) is 0. The average Bonchev–Trinajstić information content (AvgIpc) is 2.77. The fourth-order valence-corrected chi connectivity index (χ4v) is 2.17. The highest BCUT2D eigenvalue weighted by Gasteiger charge is 2.24. The summed E-state index contributed by atoms with van der Waals surface area (Å²) in [4.78, 5) is 11.2. The van der Waals surface area contributed by atoms with Gasteiger partial charge >= 0.3 is 5.97 Å². The van der Waals surface area contributed by atoms with Gasteiger partial charge in [-0.25, -0.2) is 9.48 Å². The summed E-state index contributed by atoms with van der Waals surface area (Å²) in [5.74, 6) is -1.00. The van der Waals surface area contributed by atoms with Gasteiger partial charge in [-0.3, -0.25) is 0 Å². The maximum atomic E-state index is 11.2. The van der Waals surface area contributed by atoms with Crippen LogP contribution in [0.25, 0.3) is 5.69 Å². The van der Waals surface area contributed by atoms with E-state index in [0.29, 0.717) is 0 Å². The lowest BCUT2D eigenvalue weighted by molar-refractivity contribution is 0.0690. The first-order valence-electron chi connectivity index (χ1n) is 6.62. The van der Waals surface area contributed by atoms with E-state index < -0.39 is 5.97 Å². The maximum Gasteiger partial charge on any atom is 0.356 e. The maximum absolute atomic E-state index is 11.2. The molecule has 1 heterocycles. The van der Waals surface area contributed by atoms with E-state index in [1.165, 1.54) is 0 Å². The van der Waals surface area contributed by atoms with E-state index in [1.807, 2.05) is 32.0 Å². The van der Waals surface area contributed by atoms with Crippen LogP contribution >= 0.6 is 0 Å². The Kier molecular flexibility index (Phi) is 3.42. The van der Waals surface area contributed by atoms with Crippen LogP contribution in [0.15, 0.2) is 24.3 Å². The largest absolute Gasteiger partial charge is 0.476 e. The third kappa shape index (κ3) is 2.46. The molecule has 4 heteroatoms. The van der Waals surface area contributed by atoms with Gasteiger partial charge in [0, 0.05) is 5.41 Å². The molecule has 106 valence electrons. The van der Waals surface area contributed by atoms with Gasteiger partial charge in [0.25, 0.3) is 0 Å². The lowest BCUT2D eigenvalue weighted by Crippen LogP contribution is -2.18. The second-order valence-corrected chi connectivity index (χ2v) is 6.10. The molecule has 1 aromatic heterocycles. The van der Waals surface area contributed by atoms with Gasteiger partial charge in [0.15, 0.2) is 5.69 Å². The van der Waals surface area contributed by atoms with Crippen LogP contribution in [0.3, 0.4) is 0 Å². The molecule has 0 bridgehead atoms. The molecule has 0 saturated carbocycles. The predicted octanol–water partition coefficient (Wildman–Crippen LogP) is 3.48. The summed E-state index contributed by atoms with van der Waals surface area (Å²) in [6.07, 6.45) is 0. The third-order valence-corrected chi connectivity index (χ3v) is 3.50. The minimum absolute atomic E-state index is 0.0795. The van der Waals surface area contributed by atoms with Crippen molar-refractivity contribution in [1.82, 2.24) is 9.78 Å². The summed E-state index contributed by atoms with van der Waals surface area (Å²) in [6, 6.07) is 7.63. The molecule has 0 amide bonds. The van der Waals surface area contributed by atoms with E-state index in [4.69, 9.17) is 0 Å². The van der Waals surface area contributed by atoms with Crippen LogP contribution in [0.1, 0.15) is 48.1 Å². The quantitative estimate of drug-likeness (QED) is 0.910. The number of hydrogen-bond donors (Lipinski definition) is 1. The Bertz CT molecular complexity index is 664. The first-order chi connectivity index (χ1) is 9.21. The Morgan fingerprint density at radius 3 is 2.45 bits per heavy atom. The topological polar surface area (TPSA) is 55.1 Å². The number of carboxylic acid groups (broad SMARTS) is 1. The van der Waals surface area contributed by atoms with Gasteiger partial charge in [0.05, 0.1) is 11.4 Å². The van der Waals surface area contributed by atoms with E-state index in [-0.39, 0.29) is 11.1 Å².